The molecule has 3 rings (SSSR count). The Hall–Kier alpha value is -1.87. The van der Waals surface area contributed by atoms with Crippen molar-refractivity contribution in [1.82, 2.24) is 10.2 Å². The highest BCUT2D eigenvalue weighted by Gasteiger charge is 2.27. The van der Waals surface area contributed by atoms with Crippen molar-refractivity contribution in [2.75, 3.05) is 13.6 Å². The molecule has 3 nitrogen and oxygen atoms in total. The largest absolute Gasteiger partial charge is 0.329 e. The molecule has 1 amide bonds. The van der Waals surface area contributed by atoms with Crippen LogP contribution < -0.4 is 5.32 Å². The van der Waals surface area contributed by atoms with Crippen LogP contribution in [0.15, 0.2) is 42.5 Å². The Morgan fingerprint density at radius 3 is 2.78 bits per heavy atom. The molecule has 18 heavy (non-hydrogen) atoms. The van der Waals surface area contributed by atoms with Crippen molar-refractivity contribution < 1.29 is 4.79 Å². The fraction of sp³-hybridized carbons (Fsp3) is 0.267. The summed E-state index contributed by atoms with van der Waals surface area (Å²) in [5.74, 6) is 0.167. The Bertz CT molecular complexity index is 589. The minimum absolute atomic E-state index is 0.114. The molecule has 0 aliphatic carbocycles. The van der Waals surface area contributed by atoms with Gasteiger partial charge in [0.15, 0.2) is 0 Å². The molecule has 1 atom stereocenters. The molecule has 0 spiro atoms. The first-order chi connectivity index (χ1) is 8.75. The summed E-state index contributed by atoms with van der Waals surface area (Å²) in [5, 5.41) is 5.77. The van der Waals surface area contributed by atoms with E-state index in [2.05, 4.69) is 47.8 Å². The van der Waals surface area contributed by atoms with Crippen molar-refractivity contribution in [3.05, 3.63) is 48.0 Å². The summed E-state index contributed by atoms with van der Waals surface area (Å²) >= 11 is 0. The van der Waals surface area contributed by atoms with Crippen LogP contribution >= 0.6 is 0 Å². The van der Waals surface area contributed by atoms with E-state index < -0.39 is 0 Å². The Labute approximate surface area is 106 Å². The van der Waals surface area contributed by atoms with Gasteiger partial charge < -0.3 is 4.90 Å². The van der Waals surface area contributed by atoms with E-state index in [1.54, 1.807) is 4.90 Å². The summed E-state index contributed by atoms with van der Waals surface area (Å²) in [6.07, 6.45) is 0.965. The van der Waals surface area contributed by atoms with Gasteiger partial charge in [-0.1, -0.05) is 42.5 Å². The molecule has 1 aliphatic rings. The summed E-state index contributed by atoms with van der Waals surface area (Å²) < 4.78 is 0. The van der Waals surface area contributed by atoms with Crippen LogP contribution in [0.3, 0.4) is 0 Å². The molecule has 0 bridgehead atoms. The normalized spacial score (nSPS) is 19.7. The fourth-order valence-electron chi connectivity index (χ4n) is 2.53. The summed E-state index contributed by atoms with van der Waals surface area (Å²) in [5.41, 5.74) is 1.28. The molecule has 1 N–H and O–H groups in total. The van der Waals surface area contributed by atoms with E-state index in [0.717, 1.165) is 6.42 Å². The third-order valence-electron chi connectivity index (χ3n) is 3.64. The lowest BCUT2D eigenvalue weighted by Gasteiger charge is -2.20. The highest BCUT2D eigenvalue weighted by molar-refractivity contribution is 5.86. The van der Waals surface area contributed by atoms with Gasteiger partial charge >= 0.3 is 0 Å². The van der Waals surface area contributed by atoms with Crippen LogP contribution in [0.25, 0.3) is 10.8 Å². The van der Waals surface area contributed by atoms with E-state index >= 15 is 0 Å². The van der Waals surface area contributed by atoms with Gasteiger partial charge in [-0.05, 0) is 16.3 Å². The molecule has 0 radical (unpaired) electrons. The van der Waals surface area contributed by atoms with Gasteiger partial charge in [-0.2, -0.15) is 0 Å². The molecule has 2 aromatic rings. The third-order valence-corrected chi connectivity index (χ3v) is 3.64. The first-order valence-electron chi connectivity index (χ1n) is 6.21. The third kappa shape index (κ3) is 1.87. The number of benzene rings is 2. The molecule has 1 fully saturated rings. The standard InChI is InChI=1S/C15H16N2O/c1-17-14(16-10-15(17)18)9-12-7-4-6-11-5-2-3-8-13(11)12/h2-8,14,16H,9-10H2,1H3. The minimum atomic E-state index is 0.114. The van der Waals surface area contributed by atoms with Crippen molar-refractivity contribution in [2.24, 2.45) is 0 Å². The summed E-state index contributed by atoms with van der Waals surface area (Å²) in [6, 6.07) is 14.7. The topological polar surface area (TPSA) is 32.3 Å². The van der Waals surface area contributed by atoms with Gasteiger partial charge in [-0.15, -0.1) is 0 Å². The number of hydrogen-bond acceptors (Lipinski definition) is 2. The van der Waals surface area contributed by atoms with Crippen LogP contribution in [-0.4, -0.2) is 30.6 Å². The van der Waals surface area contributed by atoms with Crippen molar-refractivity contribution >= 4 is 16.7 Å². The second kappa shape index (κ2) is 4.42. The van der Waals surface area contributed by atoms with E-state index in [1.165, 1.54) is 16.3 Å². The quantitative estimate of drug-likeness (QED) is 0.867. The van der Waals surface area contributed by atoms with Gasteiger partial charge in [-0.3, -0.25) is 10.1 Å². The van der Waals surface area contributed by atoms with E-state index in [4.69, 9.17) is 0 Å². The number of hydrogen-bond donors (Lipinski definition) is 1. The fourth-order valence-corrected chi connectivity index (χ4v) is 2.53. The Morgan fingerprint density at radius 2 is 2.00 bits per heavy atom. The molecule has 1 heterocycles. The highest BCUT2D eigenvalue weighted by atomic mass is 16.2. The zero-order chi connectivity index (χ0) is 12.5. The van der Waals surface area contributed by atoms with Crippen molar-refractivity contribution in [2.45, 2.75) is 12.6 Å². The maximum absolute atomic E-state index is 11.5. The van der Waals surface area contributed by atoms with E-state index in [0.29, 0.717) is 6.54 Å². The number of fused-ring (bicyclic) bond motifs is 1. The van der Waals surface area contributed by atoms with Crippen LogP contribution in [0.4, 0.5) is 0 Å². The van der Waals surface area contributed by atoms with Gasteiger partial charge in [0.2, 0.25) is 5.91 Å². The molecule has 1 saturated heterocycles. The second-order valence-corrected chi connectivity index (χ2v) is 4.74. The van der Waals surface area contributed by atoms with Crippen LogP contribution in [0, 0.1) is 0 Å². The van der Waals surface area contributed by atoms with Crippen LogP contribution in [-0.2, 0) is 11.2 Å². The first-order valence-corrected chi connectivity index (χ1v) is 6.21. The number of carbonyl (C=O) groups excluding carboxylic acids is 1. The maximum atomic E-state index is 11.5. The predicted octanol–water partition coefficient (Wildman–Crippen LogP) is 1.77. The van der Waals surface area contributed by atoms with Crippen LogP contribution in [0.2, 0.25) is 0 Å². The van der Waals surface area contributed by atoms with Gasteiger partial charge in [0.05, 0.1) is 12.7 Å². The molecule has 1 unspecified atom stereocenters. The molecule has 0 aromatic heterocycles. The lowest BCUT2D eigenvalue weighted by Crippen LogP contribution is -2.36. The zero-order valence-electron chi connectivity index (χ0n) is 10.4. The average molecular weight is 240 g/mol. The van der Waals surface area contributed by atoms with E-state index in [-0.39, 0.29) is 12.1 Å². The Kier molecular flexibility index (Phi) is 2.76. The Morgan fingerprint density at radius 1 is 1.22 bits per heavy atom. The number of rotatable bonds is 2. The van der Waals surface area contributed by atoms with Crippen LogP contribution in [0.5, 0.6) is 0 Å². The number of amides is 1. The molecule has 92 valence electrons. The number of nitrogens with one attached hydrogen (secondary N) is 1. The number of likely N-dealkylation sites (N-methyl/N-ethyl adjacent to an activating group) is 1. The molecule has 1 aliphatic heterocycles. The predicted molar refractivity (Wildman–Crippen MR) is 72.2 cm³/mol. The highest BCUT2D eigenvalue weighted by Crippen LogP contribution is 2.21. The van der Waals surface area contributed by atoms with E-state index in [9.17, 15) is 4.79 Å². The SMILES string of the molecule is CN1C(=O)CNC1Cc1cccc2ccccc12. The van der Waals surface area contributed by atoms with Gasteiger partial charge in [0.1, 0.15) is 0 Å². The van der Waals surface area contributed by atoms with Crippen molar-refractivity contribution in [3.63, 3.8) is 0 Å². The summed E-state index contributed by atoms with van der Waals surface area (Å²) in [4.78, 5) is 13.3. The lowest BCUT2D eigenvalue weighted by atomic mass is 10.0. The van der Waals surface area contributed by atoms with Crippen molar-refractivity contribution in [3.8, 4) is 0 Å². The monoisotopic (exact) mass is 240 g/mol. The number of nitrogens with zero attached hydrogens (tertiary/aromatic N) is 1. The smallest absolute Gasteiger partial charge is 0.237 e. The zero-order valence-corrected chi connectivity index (χ0v) is 10.4. The minimum Gasteiger partial charge on any atom is -0.329 e. The molecule has 0 saturated carbocycles. The van der Waals surface area contributed by atoms with Gasteiger partial charge in [0.25, 0.3) is 0 Å². The van der Waals surface area contributed by atoms with Gasteiger partial charge in [0, 0.05) is 13.5 Å². The summed E-state index contributed by atoms with van der Waals surface area (Å²) in [7, 11) is 1.86. The lowest BCUT2D eigenvalue weighted by molar-refractivity contribution is -0.126. The van der Waals surface area contributed by atoms with E-state index in [1.807, 2.05) is 7.05 Å². The maximum Gasteiger partial charge on any atom is 0.237 e. The molecule has 3 heteroatoms. The van der Waals surface area contributed by atoms with Gasteiger partial charge in [-0.25, -0.2) is 0 Å². The van der Waals surface area contributed by atoms with Crippen molar-refractivity contribution in [1.29, 1.82) is 0 Å². The Balaban J connectivity index is 1.93. The summed E-state index contributed by atoms with van der Waals surface area (Å²) in [6.45, 7) is 0.450. The molecular formula is C15H16N2O. The number of carbonyl (C=O) groups is 1. The average Bonchev–Trinajstić information content (AvgIpc) is 2.71. The molecular weight excluding hydrogens is 224 g/mol. The first kappa shape index (κ1) is 11.2. The second-order valence-electron chi connectivity index (χ2n) is 4.74. The molecule has 2 aromatic carbocycles. The van der Waals surface area contributed by atoms with Crippen LogP contribution in [0.1, 0.15) is 5.56 Å².